The third kappa shape index (κ3) is 2.58. The topological polar surface area (TPSA) is 92.8 Å². The predicted molar refractivity (Wildman–Crippen MR) is 88.8 cm³/mol. The van der Waals surface area contributed by atoms with E-state index in [4.69, 9.17) is 4.74 Å². The number of fused-ring (bicyclic) bond motifs is 1. The zero-order valence-corrected chi connectivity index (χ0v) is 12.4. The minimum Gasteiger partial charge on any atom is -0.457 e. The molecule has 0 aliphatic heterocycles. The summed E-state index contributed by atoms with van der Waals surface area (Å²) in [6.45, 7) is 0. The van der Waals surface area contributed by atoms with E-state index in [1.807, 2.05) is 30.5 Å². The Kier molecular flexibility index (Phi) is 3.24. The lowest BCUT2D eigenvalue weighted by atomic mass is 10.2. The Bertz CT molecular complexity index is 1120. The van der Waals surface area contributed by atoms with E-state index in [1.165, 1.54) is 0 Å². The number of aromatic nitrogens is 4. The van der Waals surface area contributed by atoms with Gasteiger partial charge in [-0.25, -0.2) is 4.79 Å². The Morgan fingerprint density at radius 1 is 0.958 bits per heavy atom. The first-order valence-electron chi connectivity index (χ1n) is 7.23. The Morgan fingerprint density at radius 3 is 2.54 bits per heavy atom. The molecule has 0 saturated carbocycles. The van der Waals surface area contributed by atoms with Crippen LogP contribution in [0.15, 0.2) is 70.5 Å². The van der Waals surface area contributed by atoms with Gasteiger partial charge in [0.25, 0.3) is 5.56 Å². The fourth-order valence-electron chi connectivity index (χ4n) is 2.42. The highest BCUT2D eigenvalue weighted by molar-refractivity contribution is 5.80. The van der Waals surface area contributed by atoms with E-state index >= 15 is 0 Å². The van der Waals surface area contributed by atoms with Gasteiger partial charge in [-0.15, -0.1) is 0 Å². The normalized spacial score (nSPS) is 10.8. The van der Waals surface area contributed by atoms with Crippen LogP contribution in [0.4, 0.5) is 0 Å². The molecule has 0 radical (unpaired) electrons. The molecule has 2 N–H and O–H groups in total. The second kappa shape index (κ2) is 5.54. The molecule has 0 unspecified atom stereocenters. The molecular weight excluding hydrogens is 308 g/mol. The number of rotatable bonds is 3. The molecule has 0 bridgehead atoms. The van der Waals surface area contributed by atoms with Crippen molar-refractivity contribution in [2.24, 2.45) is 0 Å². The van der Waals surface area contributed by atoms with E-state index in [1.54, 1.807) is 24.3 Å². The zero-order chi connectivity index (χ0) is 16.5. The average Bonchev–Trinajstić information content (AvgIpc) is 3.04. The van der Waals surface area contributed by atoms with Crippen molar-refractivity contribution in [1.29, 1.82) is 0 Å². The molecule has 0 aliphatic rings. The van der Waals surface area contributed by atoms with Crippen molar-refractivity contribution in [3.8, 4) is 17.2 Å². The number of H-pyrrole nitrogens is 2. The molecule has 0 saturated heterocycles. The largest absolute Gasteiger partial charge is 0.457 e. The zero-order valence-electron chi connectivity index (χ0n) is 12.4. The van der Waals surface area contributed by atoms with Gasteiger partial charge in [-0.3, -0.25) is 9.78 Å². The van der Waals surface area contributed by atoms with Crippen molar-refractivity contribution in [2.75, 3.05) is 0 Å². The van der Waals surface area contributed by atoms with Crippen LogP contribution >= 0.6 is 0 Å². The van der Waals surface area contributed by atoms with Crippen molar-refractivity contribution < 1.29 is 4.74 Å². The lowest BCUT2D eigenvalue weighted by Crippen LogP contribution is -2.30. The maximum atomic E-state index is 11.7. The van der Waals surface area contributed by atoms with Crippen LogP contribution in [0.5, 0.6) is 11.5 Å². The Balaban J connectivity index is 1.61. The van der Waals surface area contributed by atoms with Crippen molar-refractivity contribution in [2.45, 2.75) is 0 Å². The molecule has 4 aromatic rings. The Hall–Kier alpha value is -3.61. The average molecular weight is 320 g/mol. The fraction of sp³-hybridized carbons (Fsp3) is 0. The number of benzene rings is 2. The summed E-state index contributed by atoms with van der Waals surface area (Å²) in [5.74, 6) is 1.35. The van der Waals surface area contributed by atoms with Gasteiger partial charge in [0.15, 0.2) is 0 Å². The van der Waals surface area contributed by atoms with Crippen molar-refractivity contribution >= 4 is 10.9 Å². The first-order valence-corrected chi connectivity index (χ1v) is 7.23. The quantitative estimate of drug-likeness (QED) is 0.605. The van der Waals surface area contributed by atoms with Crippen molar-refractivity contribution in [1.82, 2.24) is 19.7 Å². The molecule has 2 aromatic carbocycles. The minimum atomic E-state index is -0.589. The standard InChI is InChI=1S/C17H12N4O3/c22-16-10-19-21(17(23)20-16)12-1-3-13(4-2-12)24-14-5-6-15-11(9-14)7-8-18-15/h1-10,18H,(H,20,22,23). The summed E-state index contributed by atoms with van der Waals surface area (Å²) in [5, 5.41) is 4.87. The molecule has 7 heteroatoms. The van der Waals surface area contributed by atoms with Gasteiger partial charge < -0.3 is 9.72 Å². The summed E-state index contributed by atoms with van der Waals surface area (Å²) in [6.07, 6.45) is 2.93. The lowest BCUT2D eigenvalue weighted by molar-refractivity contribution is 0.483. The maximum Gasteiger partial charge on any atom is 0.349 e. The van der Waals surface area contributed by atoms with E-state index in [0.29, 0.717) is 17.2 Å². The molecule has 0 amide bonds. The van der Waals surface area contributed by atoms with E-state index in [9.17, 15) is 9.59 Å². The Morgan fingerprint density at radius 2 is 1.75 bits per heavy atom. The molecule has 0 atom stereocenters. The molecule has 2 aromatic heterocycles. The first-order chi connectivity index (χ1) is 11.7. The van der Waals surface area contributed by atoms with E-state index in [-0.39, 0.29) is 0 Å². The van der Waals surface area contributed by atoms with Crippen LogP contribution in [0.25, 0.3) is 16.6 Å². The van der Waals surface area contributed by atoms with Crippen molar-refractivity contribution in [3.63, 3.8) is 0 Å². The summed E-state index contributed by atoms with van der Waals surface area (Å²) >= 11 is 0. The van der Waals surface area contributed by atoms with Crippen LogP contribution in [0.2, 0.25) is 0 Å². The molecule has 0 spiro atoms. The number of hydrogen-bond acceptors (Lipinski definition) is 4. The molecule has 118 valence electrons. The van der Waals surface area contributed by atoms with Gasteiger partial charge in [0, 0.05) is 17.1 Å². The minimum absolute atomic E-state index is 0.531. The van der Waals surface area contributed by atoms with Crippen molar-refractivity contribution in [3.05, 3.63) is 81.8 Å². The van der Waals surface area contributed by atoms with Gasteiger partial charge in [0.2, 0.25) is 0 Å². The highest BCUT2D eigenvalue weighted by Crippen LogP contribution is 2.25. The lowest BCUT2D eigenvalue weighted by Gasteiger charge is -2.07. The van der Waals surface area contributed by atoms with Crippen LogP contribution in [0.1, 0.15) is 0 Å². The van der Waals surface area contributed by atoms with E-state index in [2.05, 4.69) is 15.1 Å². The summed E-state index contributed by atoms with van der Waals surface area (Å²) in [5.41, 5.74) is 0.455. The highest BCUT2D eigenvalue weighted by Gasteiger charge is 2.04. The van der Waals surface area contributed by atoms with Gasteiger partial charge in [-0.1, -0.05) is 0 Å². The Labute approximate surface area is 135 Å². The summed E-state index contributed by atoms with van der Waals surface area (Å²) in [6, 6.07) is 14.6. The molecular formula is C17H12N4O3. The summed E-state index contributed by atoms with van der Waals surface area (Å²) < 4.78 is 6.92. The second-order valence-electron chi connectivity index (χ2n) is 5.17. The molecule has 24 heavy (non-hydrogen) atoms. The van der Waals surface area contributed by atoms with Crippen LogP contribution in [-0.4, -0.2) is 19.7 Å². The number of hydrogen-bond donors (Lipinski definition) is 2. The number of ether oxygens (including phenoxy) is 1. The third-order valence-corrected chi connectivity index (χ3v) is 3.55. The van der Waals surface area contributed by atoms with Gasteiger partial charge in [-0.2, -0.15) is 9.78 Å². The van der Waals surface area contributed by atoms with Gasteiger partial charge in [0.05, 0.1) is 5.69 Å². The fourth-order valence-corrected chi connectivity index (χ4v) is 2.42. The van der Waals surface area contributed by atoms with Crippen LogP contribution in [0, 0.1) is 0 Å². The predicted octanol–water partition coefficient (Wildman–Crippen LogP) is 2.19. The molecule has 0 aliphatic carbocycles. The highest BCUT2D eigenvalue weighted by atomic mass is 16.5. The molecule has 4 rings (SSSR count). The SMILES string of the molecule is O=c1cnn(-c2ccc(Oc3ccc4[nH]ccc4c3)cc2)c(=O)[nH]1. The third-order valence-electron chi connectivity index (χ3n) is 3.55. The molecule has 0 fully saturated rings. The number of aromatic amines is 2. The van der Waals surface area contributed by atoms with Crippen LogP contribution in [-0.2, 0) is 0 Å². The second-order valence-corrected chi connectivity index (χ2v) is 5.17. The number of nitrogens with one attached hydrogen (secondary N) is 2. The van der Waals surface area contributed by atoms with Gasteiger partial charge in [-0.05, 0) is 48.5 Å². The summed E-state index contributed by atoms with van der Waals surface area (Å²) in [7, 11) is 0. The van der Waals surface area contributed by atoms with Gasteiger partial charge in [0.1, 0.15) is 17.7 Å². The van der Waals surface area contributed by atoms with Crippen LogP contribution < -0.4 is 16.0 Å². The van der Waals surface area contributed by atoms with E-state index < -0.39 is 11.2 Å². The van der Waals surface area contributed by atoms with E-state index in [0.717, 1.165) is 21.8 Å². The summed E-state index contributed by atoms with van der Waals surface area (Å²) in [4.78, 5) is 28.1. The first kappa shape index (κ1) is 14.0. The molecule has 7 nitrogen and oxygen atoms in total. The monoisotopic (exact) mass is 320 g/mol. The number of nitrogens with zero attached hydrogens (tertiary/aromatic N) is 2. The smallest absolute Gasteiger partial charge is 0.349 e. The van der Waals surface area contributed by atoms with Crippen LogP contribution in [0.3, 0.4) is 0 Å². The van der Waals surface area contributed by atoms with Gasteiger partial charge >= 0.3 is 5.69 Å². The molecule has 2 heterocycles. The maximum absolute atomic E-state index is 11.7.